The zero-order chi connectivity index (χ0) is 17.6. The molecule has 0 atom stereocenters. The summed E-state index contributed by atoms with van der Waals surface area (Å²) in [5, 5.41) is 3.08. The van der Waals surface area contributed by atoms with Gasteiger partial charge >= 0.3 is 0 Å². The van der Waals surface area contributed by atoms with E-state index in [4.69, 9.17) is 0 Å². The van der Waals surface area contributed by atoms with Crippen molar-refractivity contribution in [3.8, 4) is 0 Å². The standard InChI is InChI=1S/C21H27N3O/c1-17-7-6-8-18(2)21(17)22-20(25)11-12-23-13-15-24(16-14-23)19-9-4-3-5-10-19/h3-10H,11-16H2,1-2H3,(H,22,25). The Morgan fingerprint density at radius 2 is 1.56 bits per heavy atom. The highest BCUT2D eigenvalue weighted by Gasteiger charge is 2.18. The summed E-state index contributed by atoms with van der Waals surface area (Å²) in [6.45, 7) is 8.93. The number of carbonyl (C=O) groups is 1. The average Bonchev–Trinajstić information content (AvgIpc) is 2.64. The first-order valence-corrected chi connectivity index (χ1v) is 9.02. The molecule has 2 aromatic rings. The second-order valence-corrected chi connectivity index (χ2v) is 6.73. The zero-order valence-electron chi connectivity index (χ0n) is 15.2. The molecular weight excluding hydrogens is 310 g/mol. The number of rotatable bonds is 5. The molecule has 0 saturated carbocycles. The number of para-hydroxylation sites is 2. The molecule has 0 spiro atoms. The van der Waals surface area contributed by atoms with Crippen LogP contribution in [0.25, 0.3) is 0 Å². The Labute approximate surface area is 150 Å². The van der Waals surface area contributed by atoms with Crippen LogP contribution in [0.5, 0.6) is 0 Å². The molecule has 1 amide bonds. The van der Waals surface area contributed by atoms with Crippen LogP contribution < -0.4 is 10.2 Å². The Morgan fingerprint density at radius 1 is 0.920 bits per heavy atom. The quantitative estimate of drug-likeness (QED) is 0.908. The molecule has 0 aliphatic carbocycles. The van der Waals surface area contributed by atoms with E-state index in [0.29, 0.717) is 6.42 Å². The molecule has 4 nitrogen and oxygen atoms in total. The lowest BCUT2D eigenvalue weighted by Crippen LogP contribution is -2.47. The number of hydrogen-bond donors (Lipinski definition) is 1. The van der Waals surface area contributed by atoms with Crippen LogP contribution in [-0.4, -0.2) is 43.5 Å². The summed E-state index contributed by atoms with van der Waals surface area (Å²) in [5.41, 5.74) is 4.48. The van der Waals surface area contributed by atoms with Gasteiger partial charge in [-0.05, 0) is 37.1 Å². The summed E-state index contributed by atoms with van der Waals surface area (Å²) in [6.07, 6.45) is 0.541. The number of nitrogens with one attached hydrogen (secondary N) is 1. The van der Waals surface area contributed by atoms with Gasteiger partial charge in [0.15, 0.2) is 0 Å². The molecule has 1 aliphatic heterocycles. The first kappa shape index (κ1) is 17.5. The Hall–Kier alpha value is -2.33. The molecular formula is C21H27N3O. The van der Waals surface area contributed by atoms with Crippen molar-refractivity contribution < 1.29 is 4.79 Å². The van der Waals surface area contributed by atoms with E-state index in [-0.39, 0.29) is 5.91 Å². The predicted molar refractivity (Wildman–Crippen MR) is 104 cm³/mol. The van der Waals surface area contributed by atoms with Gasteiger partial charge in [-0.15, -0.1) is 0 Å². The van der Waals surface area contributed by atoms with Gasteiger partial charge in [0.25, 0.3) is 0 Å². The number of amides is 1. The second kappa shape index (κ2) is 8.17. The maximum Gasteiger partial charge on any atom is 0.225 e. The number of benzene rings is 2. The van der Waals surface area contributed by atoms with Gasteiger partial charge in [-0.2, -0.15) is 0 Å². The Bertz CT molecular complexity index is 686. The van der Waals surface area contributed by atoms with Crippen molar-refractivity contribution in [2.45, 2.75) is 20.3 Å². The zero-order valence-corrected chi connectivity index (χ0v) is 15.2. The summed E-state index contributed by atoms with van der Waals surface area (Å²) in [6, 6.07) is 16.6. The summed E-state index contributed by atoms with van der Waals surface area (Å²) in [7, 11) is 0. The molecule has 1 N–H and O–H groups in total. The van der Waals surface area contributed by atoms with E-state index in [2.05, 4.69) is 45.4 Å². The van der Waals surface area contributed by atoms with Gasteiger partial charge in [0, 0.05) is 50.5 Å². The van der Waals surface area contributed by atoms with E-state index < -0.39 is 0 Å². The highest BCUT2D eigenvalue weighted by molar-refractivity contribution is 5.92. The first-order chi connectivity index (χ1) is 12.1. The summed E-state index contributed by atoms with van der Waals surface area (Å²) >= 11 is 0. The number of anilines is 2. The molecule has 2 aromatic carbocycles. The van der Waals surface area contributed by atoms with Crippen molar-refractivity contribution in [3.05, 3.63) is 59.7 Å². The number of aryl methyl sites for hydroxylation is 2. The lowest BCUT2D eigenvalue weighted by Gasteiger charge is -2.36. The smallest absolute Gasteiger partial charge is 0.225 e. The molecule has 132 valence electrons. The monoisotopic (exact) mass is 337 g/mol. The molecule has 1 aliphatic rings. The molecule has 0 unspecified atom stereocenters. The Kier molecular flexibility index (Phi) is 5.71. The summed E-state index contributed by atoms with van der Waals surface area (Å²) in [5.74, 6) is 0.0999. The minimum atomic E-state index is 0.0999. The van der Waals surface area contributed by atoms with Crippen LogP contribution in [-0.2, 0) is 4.79 Å². The fourth-order valence-electron chi connectivity index (χ4n) is 3.34. The van der Waals surface area contributed by atoms with Crippen molar-refractivity contribution in [1.82, 2.24) is 4.90 Å². The highest BCUT2D eigenvalue weighted by atomic mass is 16.1. The Morgan fingerprint density at radius 3 is 2.20 bits per heavy atom. The van der Waals surface area contributed by atoms with Gasteiger partial charge in [-0.25, -0.2) is 0 Å². The van der Waals surface area contributed by atoms with Gasteiger partial charge in [-0.3, -0.25) is 9.69 Å². The van der Waals surface area contributed by atoms with Crippen LogP contribution in [0.2, 0.25) is 0 Å². The Balaban J connectivity index is 1.45. The normalized spacial score (nSPS) is 15.2. The highest BCUT2D eigenvalue weighted by Crippen LogP contribution is 2.20. The van der Waals surface area contributed by atoms with Crippen LogP contribution in [0.1, 0.15) is 17.5 Å². The van der Waals surface area contributed by atoms with E-state index in [1.807, 2.05) is 32.0 Å². The summed E-state index contributed by atoms with van der Waals surface area (Å²) < 4.78 is 0. The number of carbonyl (C=O) groups excluding carboxylic acids is 1. The van der Waals surface area contributed by atoms with E-state index >= 15 is 0 Å². The second-order valence-electron chi connectivity index (χ2n) is 6.73. The van der Waals surface area contributed by atoms with Gasteiger partial charge < -0.3 is 10.2 Å². The predicted octanol–water partition coefficient (Wildman–Crippen LogP) is 3.45. The first-order valence-electron chi connectivity index (χ1n) is 9.02. The molecule has 1 saturated heterocycles. The van der Waals surface area contributed by atoms with Gasteiger partial charge in [0.2, 0.25) is 5.91 Å². The number of hydrogen-bond acceptors (Lipinski definition) is 3. The van der Waals surface area contributed by atoms with Gasteiger partial charge in [0.1, 0.15) is 0 Å². The fraction of sp³-hybridized carbons (Fsp3) is 0.381. The van der Waals surface area contributed by atoms with E-state index in [1.165, 1.54) is 5.69 Å². The van der Waals surface area contributed by atoms with Crippen molar-refractivity contribution in [2.24, 2.45) is 0 Å². The number of piperazine rings is 1. The fourth-order valence-corrected chi connectivity index (χ4v) is 3.34. The molecule has 0 aromatic heterocycles. The SMILES string of the molecule is Cc1cccc(C)c1NC(=O)CCN1CCN(c2ccccc2)CC1. The third kappa shape index (κ3) is 4.60. The van der Waals surface area contributed by atoms with Crippen molar-refractivity contribution in [3.63, 3.8) is 0 Å². The third-order valence-electron chi connectivity index (χ3n) is 4.89. The lowest BCUT2D eigenvalue weighted by molar-refractivity contribution is -0.116. The molecule has 0 radical (unpaired) electrons. The molecule has 25 heavy (non-hydrogen) atoms. The molecule has 1 fully saturated rings. The summed E-state index contributed by atoms with van der Waals surface area (Å²) in [4.78, 5) is 17.1. The lowest BCUT2D eigenvalue weighted by atomic mass is 10.1. The van der Waals surface area contributed by atoms with E-state index in [9.17, 15) is 4.79 Å². The van der Waals surface area contributed by atoms with Crippen LogP contribution in [0, 0.1) is 13.8 Å². The van der Waals surface area contributed by atoms with Gasteiger partial charge in [0.05, 0.1) is 0 Å². The minimum Gasteiger partial charge on any atom is -0.369 e. The van der Waals surface area contributed by atoms with E-state index in [1.54, 1.807) is 0 Å². The number of nitrogens with zero attached hydrogens (tertiary/aromatic N) is 2. The van der Waals surface area contributed by atoms with Crippen molar-refractivity contribution in [2.75, 3.05) is 42.9 Å². The third-order valence-corrected chi connectivity index (χ3v) is 4.89. The van der Waals surface area contributed by atoms with Crippen LogP contribution in [0.3, 0.4) is 0 Å². The van der Waals surface area contributed by atoms with Crippen LogP contribution >= 0.6 is 0 Å². The van der Waals surface area contributed by atoms with Crippen molar-refractivity contribution >= 4 is 17.3 Å². The minimum absolute atomic E-state index is 0.0999. The van der Waals surface area contributed by atoms with Crippen molar-refractivity contribution in [1.29, 1.82) is 0 Å². The maximum absolute atomic E-state index is 12.3. The van der Waals surface area contributed by atoms with Crippen LogP contribution in [0.15, 0.2) is 48.5 Å². The molecule has 0 bridgehead atoms. The molecule has 3 rings (SSSR count). The topological polar surface area (TPSA) is 35.6 Å². The molecule has 1 heterocycles. The average molecular weight is 337 g/mol. The van der Waals surface area contributed by atoms with E-state index in [0.717, 1.165) is 49.5 Å². The largest absolute Gasteiger partial charge is 0.369 e. The molecule has 4 heteroatoms. The van der Waals surface area contributed by atoms with Gasteiger partial charge in [-0.1, -0.05) is 36.4 Å². The van der Waals surface area contributed by atoms with Crippen LogP contribution in [0.4, 0.5) is 11.4 Å². The maximum atomic E-state index is 12.3.